The summed E-state index contributed by atoms with van der Waals surface area (Å²) >= 11 is 1.86. The Balaban J connectivity index is 0.953. The monoisotopic (exact) mass is 883 g/mol. The van der Waals surface area contributed by atoms with Crippen molar-refractivity contribution in [1.82, 2.24) is 0 Å². The molecule has 0 saturated carbocycles. The van der Waals surface area contributed by atoms with Gasteiger partial charge in [-0.1, -0.05) is 200 Å². The number of para-hydroxylation sites is 1. The summed E-state index contributed by atoms with van der Waals surface area (Å²) in [5.74, 6) is 0. The van der Waals surface area contributed by atoms with Crippen LogP contribution in [0.1, 0.15) is 22.3 Å². The van der Waals surface area contributed by atoms with Crippen molar-refractivity contribution in [3.05, 3.63) is 271 Å². The van der Waals surface area contributed by atoms with Crippen LogP contribution in [0.2, 0.25) is 0 Å². The second-order valence-corrected chi connectivity index (χ2v) is 19.0. The van der Waals surface area contributed by atoms with Crippen LogP contribution in [0.3, 0.4) is 0 Å². The summed E-state index contributed by atoms with van der Waals surface area (Å²) in [4.78, 5) is 2.46. The molecular weight excluding hydrogens is 843 g/mol. The second-order valence-electron chi connectivity index (χ2n) is 17.9. The average molecular weight is 884 g/mol. The van der Waals surface area contributed by atoms with E-state index in [4.69, 9.17) is 4.42 Å². The maximum absolute atomic E-state index is 6.82. The van der Waals surface area contributed by atoms with Gasteiger partial charge in [0.15, 0.2) is 0 Å². The number of rotatable bonds is 7. The molecule has 2 aromatic heterocycles. The van der Waals surface area contributed by atoms with Gasteiger partial charge >= 0.3 is 0 Å². The van der Waals surface area contributed by atoms with Crippen LogP contribution in [0.25, 0.3) is 86.3 Å². The Bertz CT molecular complexity index is 4030. The highest BCUT2D eigenvalue weighted by Crippen LogP contribution is 2.59. The molecule has 2 nitrogen and oxygen atoms in total. The molecule has 11 aromatic carbocycles. The van der Waals surface area contributed by atoms with E-state index in [1.54, 1.807) is 0 Å². The predicted molar refractivity (Wildman–Crippen MR) is 287 cm³/mol. The minimum atomic E-state index is -0.522. The fourth-order valence-corrected chi connectivity index (χ4v) is 12.5. The molecule has 0 aliphatic heterocycles. The Hall–Kier alpha value is -8.50. The minimum Gasteiger partial charge on any atom is -0.455 e. The van der Waals surface area contributed by atoms with Gasteiger partial charge in [-0.3, -0.25) is 0 Å². The van der Waals surface area contributed by atoms with Crippen LogP contribution < -0.4 is 4.90 Å². The van der Waals surface area contributed by atoms with E-state index in [9.17, 15) is 0 Å². The van der Waals surface area contributed by atoms with E-state index in [0.29, 0.717) is 0 Å². The zero-order valence-electron chi connectivity index (χ0n) is 36.9. The van der Waals surface area contributed by atoms with Crippen LogP contribution in [0.4, 0.5) is 17.1 Å². The van der Waals surface area contributed by atoms with Crippen molar-refractivity contribution in [3.8, 4) is 33.4 Å². The van der Waals surface area contributed by atoms with Gasteiger partial charge in [-0.2, -0.15) is 0 Å². The summed E-state index contributed by atoms with van der Waals surface area (Å²) in [6.07, 6.45) is 0. The van der Waals surface area contributed by atoms with Gasteiger partial charge in [0.25, 0.3) is 0 Å². The molecule has 0 radical (unpaired) electrons. The first-order valence-electron chi connectivity index (χ1n) is 23.3. The van der Waals surface area contributed by atoms with Crippen molar-refractivity contribution in [2.45, 2.75) is 5.41 Å². The lowest BCUT2D eigenvalue weighted by Gasteiger charge is -2.34. The zero-order chi connectivity index (χ0) is 44.8. The predicted octanol–water partition coefficient (Wildman–Crippen LogP) is 18.3. The van der Waals surface area contributed by atoms with E-state index in [0.717, 1.165) is 55.5 Å². The number of anilines is 3. The van der Waals surface area contributed by atoms with E-state index in [1.165, 1.54) is 70.1 Å². The molecule has 3 heteroatoms. The van der Waals surface area contributed by atoms with E-state index >= 15 is 0 Å². The lowest BCUT2D eigenvalue weighted by Crippen LogP contribution is -2.28. The highest BCUT2D eigenvalue weighted by molar-refractivity contribution is 7.25. The van der Waals surface area contributed by atoms with Crippen molar-refractivity contribution in [2.75, 3.05) is 4.90 Å². The number of fused-ring (bicyclic) bond motifs is 11. The fraction of sp³-hybridized carbons (Fsp3) is 0.0154. The number of hydrogen-bond donors (Lipinski definition) is 0. The zero-order valence-corrected chi connectivity index (χ0v) is 37.8. The molecule has 0 amide bonds. The molecule has 0 unspecified atom stereocenters. The molecule has 1 aliphatic carbocycles. The molecule has 0 spiro atoms. The number of thiophene rings is 1. The van der Waals surface area contributed by atoms with Gasteiger partial charge in [0.1, 0.15) is 11.2 Å². The molecule has 0 saturated heterocycles. The summed E-state index contributed by atoms with van der Waals surface area (Å²) in [6, 6.07) is 91.3. The Morgan fingerprint density at radius 3 is 1.69 bits per heavy atom. The summed E-state index contributed by atoms with van der Waals surface area (Å²) in [5.41, 5.74) is 16.7. The SMILES string of the molecule is c1ccc(C2(c3ccccc3)c3ccccc3-c3c(N(c4ccc(-c5ccc6c(c5)sc5ccccc56)cc4)c4ccc(-c5cccc6c5oc5c7ccccc7ccc65)cc4)cccc32)cc1. The summed E-state index contributed by atoms with van der Waals surface area (Å²) in [5, 5.41) is 7.20. The molecule has 0 N–H and O–H groups in total. The topological polar surface area (TPSA) is 16.4 Å². The van der Waals surface area contributed by atoms with Crippen LogP contribution in [-0.4, -0.2) is 0 Å². The van der Waals surface area contributed by atoms with Crippen LogP contribution in [-0.2, 0) is 5.41 Å². The van der Waals surface area contributed by atoms with Crippen molar-refractivity contribution in [3.63, 3.8) is 0 Å². The first-order valence-corrected chi connectivity index (χ1v) is 24.1. The van der Waals surface area contributed by atoms with Gasteiger partial charge in [-0.25, -0.2) is 0 Å². The van der Waals surface area contributed by atoms with Crippen molar-refractivity contribution in [1.29, 1.82) is 0 Å². The van der Waals surface area contributed by atoms with E-state index in [2.05, 4.69) is 254 Å². The van der Waals surface area contributed by atoms with Crippen LogP contribution >= 0.6 is 11.3 Å². The Morgan fingerprint density at radius 2 is 0.912 bits per heavy atom. The van der Waals surface area contributed by atoms with E-state index < -0.39 is 5.41 Å². The van der Waals surface area contributed by atoms with Crippen LogP contribution in [0.5, 0.6) is 0 Å². The van der Waals surface area contributed by atoms with Crippen molar-refractivity contribution < 1.29 is 4.42 Å². The highest BCUT2D eigenvalue weighted by Gasteiger charge is 2.47. The molecule has 0 fully saturated rings. The Morgan fingerprint density at radius 1 is 0.353 bits per heavy atom. The van der Waals surface area contributed by atoms with Gasteiger partial charge < -0.3 is 9.32 Å². The third-order valence-corrected chi connectivity index (χ3v) is 15.5. The third-order valence-electron chi connectivity index (χ3n) is 14.4. The van der Waals surface area contributed by atoms with Gasteiger partial charge in [-0.05, 0) is 98.4 Å². The number of benzene rings is 11. The van der Waals surface area contributed by atoms with Gasteiger partial charge in [-0.15, -0.1) is 11.3 Å². The van der Waals surface area contributed by atoms with Crippen molar-refractivity contribution in [2.24, 2.45) is 0 Å². The number of furan rings is 1. The lowest BCUT2D eigenvalue weighted by molar-refractivity contribution is 0.674. The molecule has 318 valence electrons. The molecule has 14 rings (SSSR count). The highest BCUT2D eigenvalue weighted by atomic mass is 32.1. The maximum atomic E-state index is 6.82. The van der Waals surface area contributed by atoms with E-state index in [-0.39, 0.29) is 0 Å². The smallest absolute Gasteiger partial charge is 0.143 e. The summed E-state index contributed by atoms with van der Waals surface area (Å²) in [6.45, 7) is 0. The first-order chi connectivity index (χ1) is 33.7. The molecule has 0 atom stereocenters. The van der Waals surface area contributed by atoms with Crippen LogP contribution in [0.15, 0.2) is 253 Å². The van der Waals surface area contributed by atoms with Gasteiger partial charge in [0.2, 0.25) is 0 Å². The van der Waals surface area contributed by atoms with E-state index in [1.807, 2.05) is 11.3 Å². The number of nitrogens with zero attached hydrogens (tertiary/aromatic N) is 1. The van der Waals surface area contributed by atoms with Gasteiger partial charge in [0, 0.05) is 58.8 Å². The standard InChI is InChI=1S/C65H41NOS/c1-3-16-46(17-4-1)65(47-18-5-2-6-19-47)57-25-11-9-22-56(57)62-58(65)26-14-27-59(62)66(48-35-29-42(30-36-48)45-34-39-53-52-21-10-12-28-60(52)68-61(53)41-45)49-37-31-44(32-38-49)51-23-13-24-54-55-40-33-43-15-7-8-20-50(43)64(55)67-63(51)54/h1-41H. The molecule has 13 aromatic rings. The Labute approximate surface area is 398 Å². The van der Waals surface area contributed by atoms with Crippen molar-refractivity contribution >= 4 is 81.3 Å². The second kappa shape index (κ2) is 15.3. The molecule has 0 bridgehead atoms. The largest absolute Gasteiger partial charge is 0.455 e. The molecule has 68 heavy (non-hydrogen) atoms. The lowest BCUT2D eigenvalue weighted by atomic mass is 9.68. The quantitative estimate of drug-likeness (QED) is 0.159. The number of hydrogen-bond acceptors (Lipinski definition) is 3. The minimum absolute atomic E-state index is 0.522. The van der Waals surface area contributed by atoms with Crippen LogP contribution in [0, 0.1) is 0 Å². The molecular formula is C65H41NOS. The first kappa shape index (κ1) is 38.7. The maximum Gasteiger partial charge on any atom is 0.143 e. The molecule has 2 heterocycles. The summed E-state index contributed by atoms with van der Waals surface area (Å²) < 4.78 is 9.45. The van der Waals surface area contributed by atoms with Gasteiger partial charge in [0.05, 0.1) is 11.1 Å². The fourth-order valence-electron chi connectivity index (χ4n) is 11.3. The summed E-state index contributed by atoms with van der Waals surface area (Å²) in [7, 11) is 0. The normalized spacial score (nSPS) is 12.8. The average Bonchev–Trinajstić information content (AvgIpc) is 4.08. The third kappa shape index (κ3) is 5.76. The molecule has 1 aliphatic rings. The Kier molecular flexibility index (Phi) is 8.71.